The number of ether oxygens (including phenoxy) is 4. The van der Waals surface area contributed by atoms with Crippen molar-refractivity contribution in [2.75, 3.05) is 26.9 Å². The molecule has 0 radical (unpaired) electrons. The van der Waals surface area contributed by atoms with Crippen molar-refractivity contribution in [3.8, 4) is 17.4 Å². The minimum atomic E-state index is -4.62. The van der Waals surface area contributed by atoms with Crippen LogP contribution in [0.25, 0.3) is 0 Å². The van der Waals surface area contributed by atoms with Crippen LogP contribution in [0.15, 0.2) is 30.5 Å². The summed E-state index contributed by atoms with van der Waals surface area (Å²) >= 11 is 5.97. The Balaban J connectivity index is 2.10. The molecule has 0 spiro atoms. The molecule has 0 aliphatic heterocycles. The van der Waals surface area contributed by atoms with Gasteiger partial charge in [0.25, 0.3) is 0 Å². The van der Waals surface area contributed by atoms with Gasteiger partial charge < -0.3 is 18.9 Å². The Labute approximate surface area is 217 Å². The van der Waals surface area contributed by atoms with Gasteiger partial charge >= 0.3 is 22.5 Å². The maximum absolute atomic E-state index is 12.9. The number of pyridine rings is 1. The zero-order valence-corrected chi connectivity index (χ0v) is 21.8. The number of benzene rings is 1. The lowest BCUT2D eigenvalue weighted by atomic mass is 10.1. The van der Waals surface area contributed by atoms with Gasteiger partial charge in [-0.25, -0.2) is 14.5 Å². The van der Waals surface area contributed by atoms with E-state index in [9.17, 15) is 26.4 Å². The summed E-state index contributed by atoms with van der Waals surface area (Å²) in [6.07, 6.45) is -4.61. The number of aryl methyl sites for hydroxylation is 1. The molecule has 37 heavy (non-hydrogen) atoms. The van der Waals surface area contributed by atoms with Gasteiger partial charge in [-0.3, -0.25) is 0 Å². The Hall–Kier alpha value is -2.81. The molecule has 2 aromatic rings. The normalized spacial score (nSPS) is 11.9. The van der Waals surface area contributed by atoms with E-state index < -0.39 is 34.1 Å². The number of nitrogens with zero attached hydrogens (tertiary/aromatic N) is 1. The van der Waals surface area contributed by atoms with E-state index in [4.69, 9.17) is 30.5 Å². The molecule has 0 atom stereocenters. The number of alkyl halides is 3. The van der Waals surface area contributed by atoms with E-state index in [-0.39, 0.29) is 42.7 Å². The molecule has 1 amide bonds. The van der Waals surface area contributed by atoms with E-state index >= 15 is 0 Å². The second-order valence-electron chi connectivity index (χ2n) is 7.84. The van der Waals surface area contributed by atoms with Crippen LogP contribution in [0.5, 0.6) is 17.4 Å². The summed E-state index contributed by atoms with van der Waals surface area (Å²) in [4.78, 5) is 15.4. The molecule has 1 aromatic heterocycles. The average molecular weight is 570 g/mol. The third-order valence-corrected chi connectivity index (χ3v) is 5.86. The molecule has 2 N–H and O–H groups in total. The Morgan fingerprint density at radius 3 is 2.51 bits per heavy atom. The maximum atomic E-state index is 12.9. The van der Waals surface area contributed by atoms with E-state index in [0.29, 0.717) is 30.2 Å². The Kier molecular flexibility index (Phi) is 11.2. The lowest BCUT2D eigenvalue weighted by Crippen LogP contribution is -2.43. The van der Waals surface area contributed by atoms with E-state index in [1.165, 1.54) is 13.2 Å². The van der Waals surface area contributed by atoms with Crippen molar-refractivity contribution in [1.29, 1.82) is 0 Å². The maximum Gasteiger partial charge on any atom is 0.421 e. The van der Waals surface area contributed by atoms with E-state index in [1.54, 1.807) is 30.7 Å². The summed E-state index contributed by atoms with van der Waals surface area (Å²) in [6.45, 7) is 3.61. The quantitative estimate of drug-likeness (QED) is 0.338. The summed E-state index contributed by atoms with van der Waals surface area (Å²) in [5.41, 5.74) is -0.447. The molecule has 0 fully saturated rings. The predicted molar refractivity (Wildman–Crippen MR) is 128 cm³/mol. The molecule has 1 aromatic carbocycles. The van der Waals surface area contributed by atoms with Gasteiger partial charge in [-0.15, -0.1) is 0 Å². The standard InChI is InChI=1S/C22H27ClF3N3O7S/c1-14(2)28-37(31,32)29-21(30)35-8-4-5-15-6-7-17(34-10-9-33-3)12-19(15)36-20-18(23)11-16(13-27-20)22(24,25)26/h6-7,11-14,28H,4-5,8-10H2,1-3H3,(H,29,30). The van der Waals surface area contributed by atoms with Crippen molar-refractivity contribution in [3.63, 3.8) is 0 Å². The van der Waals surface area contributed by atoms with Crippen molar-refractivity contribution in [3.05, 3.63) is 46.6 Å². The van der Waals surface area contributed by atoms with Gasteiger partial charge in [-0.1, -0.05) is 17.7 Å². The number of nitrogens with one attached hydrogen (secondary N) is 2. The third-order valence-electron chi connectivity index (χ3n) is 4.37. The van der Waals surface area contributed by atoms with Gasteiger partial charge in [0.2, 0.25) is 5.88 Å². The highest BCUT2D eigenvalue weighted by Crippen LogP contribution is 2.36. The molecule has 0 aliphatic carbocycles. The summed E-state index contributed by atoms with van der Waals surface area (Å²) in [6, 6.07) is 5.11. The van der Waals surface area contributed by atoms with Crippen LogP contribution in [0.2, 0.25) is 5.02 Å². The number of amides is 1. The van der Waals surface area contributed by atoms with Gasteiger partial charge in [0, 0.05) is 25.4 Å². The summed E-state index contributed by atoms with van der Waals surface area (Å²) in [7, 11) is -2.54. The van der Waals surface area contributed by atoms with Crippen molar-refractivity contribution in [2.24, 2.45) is 0 Å². The molecular formula is C22H27ClF3N3O7S. The van der Waals surface area contributed by atoms with Gasteiger partial charge in [0.1, 0.15) is 23.1 Å². The summed E-state index contributed by atoms with van der Waals surface area (Å²) in [5.74, 6) is 0.359. The molecule has 10 nitrogen and oxygen atoms in total. The van der Waals surface area contributed by atoms with Crippen LogP contribution in [0.4, 0.5) is 18.0 Å². The molecule has 0 aliphatic rings. The number of halogens is 4. The monoisotopic (exact) mass is 569 g/mol. The van der Waals surface area contributed by atoms with Crippen molar-refractivity contribution in [2.45, 2.75) is 38.9 Å². The predicted octanol–water partition coefficient (Wildman–Crippen LogP) is 4.47. The van der Waals surface area contributed by atoms with Crippen molar-refractivity contribution < 1.29 is 45.3 Å². The zero-order valence-electron chi connectivity index (χ0n) is 20.2. The summed E-state index contributed by atoms with van der Waals surface area (Å²) in [5, 5.41) is -0.345. The number of hydrogen-bond acceptors (Lipinski definition) is 8. The van der Waals surface area contributed by atoms with Crippen LogP contribution in [0, 0.1) is 0 Å². The second kappa shape index (κ2) is 13.7. The van der Waals surface area contributed by atoms with Gasteiger partial charge in [0.05, 0.1) is 18.8 Å². The lowest BCUT2D eigenvalue weighted by molar-refractivity contribution is -0.137. The van der Waals surface area contributed by atoms with Crippen LogP contribution >= 0.6 is 11.6 Å². The van der Waals surface area contributed by atoms with Gasteiger partial charge in [-0.05, 0) is 44.4 Å². The Bertz CT molecular complexity index is 1160. The van der Waals surface area contributed by atoms with Crippen LogP contribution in [0.3, 0.4) is 0 Å². The van der Waals surface area contributed by atoms with Crippen LogP contribution < -0.4 is 18.9 Å². The van der Waals surface area contributed by atoms with Crippen LogP contribution in [0.1, 0.15) is 31.4 Å². The molecule has 15 heteroatoms. The van der Waals surface area contributed by atoms with Crippen LogP contribution in [-0.4, -0.2) is 52.5 Å². The van der Waals surface area contributed by atoms with E-state index in [1.807, 2.05) is 0 Å². The Morgan fingerprint density at radius 2 is 1.89 bits per heavy atom. The highest BCUT2D eigenvalue weighted by Gasteiger charge is 2.32. The first kappa shape index (κ1) is 30.4. The molecule has 2 rings (SSSR count). The number of hydrogen-bond donors (Lipinski definition) is 2. The van der Waals surface area contributed by atoms with Crippen molar-refractivity contribution in [1.82, 2.24) is 14.4 Å². The fourth-order valence-corrected chi connectivity index (χ4v) is 4.00. The lowest BCUT2D eigenvalue weighted by Gasteiger charge is -2.15. The third kappa shape index (κ3) is 10.6. The molecule has 0 unspecified atom stereocenters. The highest BCUT2D eigenvalue weighted by molar-refractivity contribution is 7.88. The molecule has 0 saturated heterocycles. The van der Waals surface area contributed by atoms with Crippen molar-refractivity contribution >= 4 is 27.9 Å². The minimum absolute atomic E-state index is 0.131. The highest BCUT2D eigenvalue weighted by atomic mass is 35.5. The second-order valence-corrected chi connectivity index (χ2v) is 9.69. The first-order chi connectivity index (χ1) is 17.3. The zero-order chi connectivity index (χ0) is 27.6. The number of carbonyl (C=O) groups is 1. The minimum Gasteiger partial charge on any atom is -0.491 e. The van der Waals surface area contributed by atoms with Crippen LogP contribution in [-0.2, 0) is 32.3 Å². The molecule has 1 heterocycles. The smallest absolute Gasteiger partial charge is 0.421 e. The summed E-state index contributed by atoms with van der Waals surface area (Å²) < 4.78 is 87.2. The Morgan fingerprint density at radius 1 is 1.16 bits per heavy atom. The fourth-order valence-electron chi connectivity index (χ4n) is 2.84. The largest absolute Gasteiger partial charge is 0.491 e. The molecular weight excluding hydrogens is 543 g/mol. The number of carbonyl (C=O) groups excluding carboxylic acids is 1. The molecule has 0 saturated carbocycles. The topological polar surface area (TPSA) is 125 Å². The average Bonchev–Trinajstić information content (AvgIpc) is 2.77. The molecule has 206 valence electrons. The first-order valence-electron chi connectivity index (χ1n) is 10.9. The number of methoxy groups -OCH3 is 1. The number of aromatic nitrogens is 1. The first-order valence-corrected chi connectivity index (χ1v) is 12.8. The molecule has 0 bridgehead atoms. The van der Waals surface area contributed by atoms with Gasteiger partial charge in [-0.2, -0.15) is 26.3 Å². The van der Waals surface area contributed by atoms with E-state index in [2.05, 4.69) is 9.71 Å². The SMILES string of the molecule is COCCOc1ccc(CCCOC(=O)NS(=O)(=O)NC(C)C)c(Oc2ncc(C(F)(F)F)cc2Cl)c1. The van der Waals surface area contributed by atoms with Gasteiger partial charge in [0.15, 0.2) is 0 Å². The number of rotatable bonds is 13. The van der Waals surface area contributed by atoms with E-state index in [0.717, 1.165) is 0 Å². The fraction of sp³-hybridized carbons (Fsp3) is 0.455.